The number of aromatic nitrogens is 3. The first-order chi connectivity index (χ1) is 14.4. The summed E-state index contributed by atoms with van der Waals surface area (Å²) in [4.78, 5) is 12.4. The second kappa shape index (κ2) is 10.4. The molecular weight excluding hydrogens is 467 g/mol. The topological polar surface area (TPSA) is 69.0 Å². The Kier molecular flexibility index (Phi) is 7.88. The molecule has 0 bridgehead atoms. The predicted octanol–water partition coefficient (Wildman–Crippen LogP) is 6.05. The summed E-state index contributed by atoms with van der Waals surface area (Å²) in [7, 11) is 0. The number of rotatable bonds is 8. The molecule has 0 unspecified atom stereocenters. The second-order valence-corrected chi connectivity index (χ2v) is 8.23. The number of nitrogens with zero attached hydrogens (tertiary/aromatic N) is 3. The Morgan fingerprint density at radius 1 is 1.10 bits per heavy atom. The Morgan fingerprint density at radius 2 is 1.83 bits per heavy atom. The molecule has 6 nitrogen and oxygen atoms in total. The number of benzene rings is 2. The van der Waals surface area contributed by atoms with Crippen molar-refractivity contribution >= 4 is 58.2 Å². The van der Waals surface area contributed by atoms with Crippen LogP contribution in [0.3, 0.4) is 0 Å². The van der Waals surface area contributed by atoms with Crippen molar-refractivity contribution in [1.82, 2.24) is 14.8 Å². The fraction of sp³-hybridized carbons (Fsp3) is 0.250. The number of hydrogen-bond acceptors (Lipinski definition) is 5. The van der Waals surface area contributed by atoms with Crippen LogP contribution in [-0.2, 0) is 11.3 Å². The number of nitrogens with one attached hydrogen (secondary N) is 1. The molecule has 0 aliphatic carbocycles. The van der Waals surface area contributed by atoms with Crippen LogP contribution in [0.5, 0.6) is 5.75 Å². The zero-order valence-electron chi connectivity index (χ0n) is 16.3. The molecule has 0 saturated carbocycles. The maximum Gasteiger partial charge on any atom is 0.234 e. The highest BCUT2D eigenvalue weighted by Crippen LogP contribution is 2.33. The van der Waals surface area contributed by atoms with Crippen molar-refractivity contribution in [2.45, 2.75) is 25.5 Å². The van der Waals surface area contributed by atoms with Gasteiger partial charge in [-0.3, -0.25) is 4.79 Å². The van der Waals surface area contributed by atoms with Gasteiger partial charge in [0.1, 0.15) is 5.75 Å². The van der Waals surface area contributed by atoms with E-state index in [-0.39, 0.29) is 11.7 Å². The number of thioether (sulfide) groups is 1. The molecule has 2 aromatic carbocycles. The van der Waals surface area contributed by atoms with Gasteiger partial charge in [-0.25, -0.2) is 0 Å². The summed E-state index contributed by atoms with van der Waals surface area (Å²) in [5, 5.41) is 12.9. The molecule has 10 heteroatoms. The van der Waals surface area contributed by atoms with E-state index in [4.69, 9.17) is 39.5 Å². The predicted molar refractivity (Wildman–Crippen MR) is 123 cm³/mol. The van der Waals surface area contributed by atoms with E-state index in [1.54, 1.807) is 0 Å². The van der Waals surface area contributed by atoms with Gasteiger partial charge in [0.05, 0.1) is 38.7 Å². The Balaban J connectivity index is 1.74. The van der Waals surface area contributed by atoms with Crippen LogP contribution < -0.4 is 10.1 Å². The zero-order valence-corrected chi connectivity index (χ0v) is 19.4. The summed E-state index contributed by atoms with van der Waals surface area (Å²) in [6.07, 6.45) is 0. The molecule has 1 amide bonds. The molecule has 0 atom stereocenters. The van der Waals surface area contributed by atoms with E-state index in [2.05, 4.69) is 15.5 Å². The van der Waals surface area contributed by atoms with Gasteiger partial charge in [-0.2, -0.15) is 0 Å². The summed E-state index contributed by atoms with van der Waals surface area (Å²) >= 11 is 19.3. The minimum Gasteiger partial charge on any atom is -0.493 e. The van der Waals surface area contributed by atoms with Crippen molar-refractivity contribution < 1.29 is 9.53 Å². The maximum absolute atomic E-state index is 12.4. The first-order valence-corrected chi connectivity index (χ1v) is 11.3. The summed E-state index contributed by atoms with van der Waals surface area (Å²) < 4.78 is 7.66. The van der Waals surface area contributed by atoms with Crippen molar-refractivity contribution in [3.05, 3.63) is 51.5 Å². The molecule has 0 aliphatic rings. The number of carbonyl (C=O) groups is 1. The van der Waals surface area contributed by atoms with Crippen molar-refractivity contribution in [2.24, 2.45) is 0 Å². The fourth-order valence-electron chi connectivity index (χ4n) is 2.75. The third-order valence-corrected chi connectivity index (χ3v) is 6.08. The van der Waals surface area contributed by atoms with Crippen LogP contribution in [-0.4, -0.2) is 33.0 Å². The standard InChI is InChI=1S/C20H19Cl3N4O2S/c1-3-27-19(12-7-5-6-8-17(12)29-4-2)25-26-20(27)30-11-18(28)24-16-10-14(22)13(21)9-15(16)23/h5-10H,3-4,11H2,1-2H3,(H,24,28). The van der Waals surface area contributed by atoms with Crippen LogP contribution in [0.15, 0.2) is 41.6 Å². The molecule has 3 aromatic rings. The summed E-state index contributed by atoms with van der Waals surface area (Å²) in [5.41, 5.74) is 1.26. The number of halogens is 3. The summed E-state index contributed by atoms with van der Waals surface area (Å²) in [6, 6.07) is 10.7. The summed E-state index contributed by atoms with van der Waals surface area (Å²) in [6.45, 7) is 5.12. The SMILES string of the molecule is CCOc1ccccc1-c1nnc(SCC(=O)Nc2cc(Cl)c(Cl)cc2Cl)n1CC. The van der Waals surface area contributed by atoms with Crippen LogP contribution in [0.1, 0.15) is 13.8 Å². The Morgan fingerprint density at radius 3 is 2.57 bits per heavy atom. The highest BCUT2D eigenvalue weighted by molar-refractivity contribution is 7.99. The Hall–Kier alpha value is -1.93. The first kappa shape index (κ1) is 22.7. The molecule has 30 heavy (non-hydrogen) atoms. The minimum atomic E-state index is -0.248. The molecule has 0 spiro atoms. The molecule has 1 aromatic heterocycles. The van der Waals surface area contributed by atoms with Crippen LogP contribution in [0.2, 0.25) is 15.1 Å². The van der Waals surface area contributed by atoms with Crippen molar-refractivity contribution in [3.8, 4) is 17.1 Å². The summed E-state index contributed by atoms with van der Waals surface area (Å²) in [5.74, 6) is 1.31. The van der Waals surface area contributed by atoms with Crippen LogP contribution >= 0.6 is 46.6 Å². The molecule has 1 N–H and O–H groups in total. The molecule has 0 fully saturated rings. The molecule has 0 aliphatic heterocycles. The first-order valence-electron chi connectivity index (χ1n) is 9.17. The smallest absolute Gasteiger partial charge is 0.234 e. The van der Waals surface area contributed by atoms with Gasteiger partial charge in [0.25, 0.3) is 0 Å². The van der Waals surface area contributed by atoms with Crippen molar-refractivity contribution in [1.29, 1.82) is 0 Å². The lowest BCUT2D eigenvalue weighted by Crippen LogP contribution is -2.15. The van der Waals surface area contributed by atoms with Crippen LogP contribution in [0.4, 0.5) is 5.69 Å². The molecule has 0 radical (unpaired) electrons. The number of carbonyl (C=O) groups excluding carboxylic acids is 1. The molecular formula is C20H19Cl3N4O2S. The molecule has 3 rings (SSSR count). The second-order valence-electron chi connectivity index (χ2n) is 6.06. The van der Waals surface area contributed by atoms with Gasteiger partial charge >= 0.3 is 0 Å². The monoisotopic (exact) mass is 484 g/mol. The lowest BCUT2D eigenvalue weighted by Gasteiger charge is -2.11. The van der Waals surface area contributed by atoms with E-state index in [0.29, 0.717) is 44.9 Å². The van der Waals surface area contributed by atoms with E-state index < -0.39 is 0 Å². The average Bonchev–Trinajstić information content (AvgIpc) is 3.14. The lowest BCUT2D eigenvalue weighted by atomic mass is 10.2. The molecule has 158 valence electrons. The van der Waals surface area contributed by atoms with E-state index in [1.807, 2.05) is 42.7 Å². The number of anilines is 1. The third kappa shape index (κ3) is 5.21. The number of amides is 1. The maximum atomic E-state index is 12.4. The Labute approximate surface area is 193 Å². The van der Waals surface area contributed by atoms with Gasteiger partial charge in [0.2, 0.25) is 5.91 Å². The largest absolute Gasteiger partial charge is 0.493 e. The quantitative estimate of drug-likeness (QED) is 0.310. The normalized spacial score (nSPS) is 10.8. The number of hydrogen-bond donors (Lipinski definition) is 1. The van der Waals surface area contributed by atoms with Gasteiger partial charge in [-0.15, -0.1) is 10.2 Å². The zero-order chi connectivity index (χ0) is 21.7. The van der Waals surface area contributed by atoms with Gasteiger partial charge in [-0.05, 0) is 38.1 Å². The number of para-hydroxylation sites is 1. The van der Waals surface area contributed by atoms with E-state index in [1.165, 1.54) is 23.9 Å². The van der Waals surface area contributed by atoms with E-state index in [9.17, 15) is 4.79 Å². The van der Waals surface area contributed by atoms with Crippen LogP contribution in [0.25, 0.3) is 11.4 Å². The van der Waals surface area contributed by atoms with Crippen molar-refractivity contribution in [2.75, 3.05) is 17.7 Å². The van der Waals surface area contributed by atoms with E-state index >= 15 is 0 Å². The third-order valence-electron chi connectivity index (χ3n) is 4.08. The van der Waals surface area contributed by atoms with Crippen molar-refractivity contribution in [3.63, 3.8) is 0 Å². The van der Waals surface area contributed by atoms with Gasteiger partial charge in [0, 0.05) is 6.54 Å². The van der Waals surface area contributed by atoms with Gasteiger partial charge < -0.3 is 14.6 Å². The Bertz CT molecular complexity index is 1060. The van der Waals surface area contributed by atoms with Gasteiger partial charge in [-0.1, -0.05) is 58.7 Å². The van der Waals surface area contributed by atoms with E-state index in [0.717, 1.165) is 11.3 Å². The highest BCUT2D eigenvalue weighted by Gasteiger charge is 2.18. The minimum absolute atomic E-state index is 0.127. The number of ether oxygens (including phenoxy) is 1. The fourth-order valence-corrected chi connectivity index (χ4v) is 4.14. The lowest BCUT2D eigenvalue weighted by molar-refractivity contribution is -0.113. The van der Waals surface area contributed by atoms with Crippen LogP contribution in [0, 0.1) is 0 Å². The highest BCUT2D eigenvalue weighted by atomic mass is 35.5. The van der Waals surface area contributed by atoms with Gasteiger partial charge in [0.15, 0.2) is 11.0 Å². The molecule has 0 saturated heterocycles. The molecule has 1 heterocycles. The average molecular weight is 486 g/mol.